The molecule has 3 unspecified atom stereocenters. The fourth-order valence-corrected chi connectivity index (χ4v) is 4.59. The minimum absolute atomic E-state index is 0.0637. The fraction of sp³-hybridized carbons (Fsp3) is 1.00. The van der Waals surface area contributed by atoms with Crippen LogP contribution in [0.1, 0.15) is 151 Å². The molecule has 3 atom stereocenters. The predicted octanol–water partition coefficient (Wildman–Crippen LogP) is 9.04. The van der Waals surface area contributed by atoms with Gasteiger partial charge >= 0.3 is 0 Å². The molecule has 0 amide bonds. The largest absolute Gasteiger partial charge is 0.325 e. The second kappa shape index (κ2) is 15.8. The number of rotatable bonds is 19. The van der Waals surface area contributed by atoms with Crippen LogP contribution in [0.15, 0.2) is 0 Å². The molecule has 0 heterocycles. The molecule has 1 nitrogen and oxygen atoms in total. The van der Waals surface area contributed by atoms with Crippen LogP contribution >= 0.6 is 0 Å². The van der Waals surface area contributed by atoms with Crippen molar-refractivity contribution in [2.45, 2.75) is 156 Å². The zero-order valence-electron chi connectivity index (χ0n) is 20.2. The van der Waals surface area contributed by atoms with Crippen molar-refractivity contribution in [1.29, 1.82) is 0 Å². The van der Waals surface area contributed by atoms with Crippen molar-refractivity contribution < 1.29 is 0 Å². The van der Waals surface area contributed by atoms with Crippen molar-refractivity contribution in [3.05, 3.63) is 0 Å². The summed E-state index contributed by atoms with van der Waals surface area (Å²) in [7, 11) is 0. The molecule has 0 fully saturated rings. The van der Waals surface area contributed by atoms with Crippen LogP contribution in [0, 0.1) is 11.3 Å². The Labute approximate surface area is 173 Å². The summed E-state index contributed by atoms with van der Waals surface area (Å²) in [6, 6.07) is 0. The van der Waals surface area contributed by atoms with Crippen LogP contribution in [0.25, 0.3) is 0 Å². The normalized spacial score (nSPS) is 17.4. The van der Waals surface area contributed by atoms with Gasteiger partial charge in [0.1, 0.15) is 0 Å². The van der Waals surface area contributed by atoms with Gasteiger partial charge in [-0.2, -0.15) is 0 Å². The fourth-order valence-electron chi connectivity index (χ4n) is 4.59. The van der Waals surface area contributed by atoms with E-state index in [2.05, 4.69) is 41.5 Å². The summed E-state index contributed by atoms with van der Waals surface area (Å²) in [6.45, 7) is 14.2. The molecule has 0 radical (unpaired) electrons. The Morgan fingerprint density at radius 2 is 1.11 bits per heavy atom. The van der Waals surface area contributed by atoms with Gasteiger partial charge in [-0.3, -0.25) is 0 Å². The molecule has 0 spiro atoms. The lowest BCUT2D eigenvalue weighted by atomic mass is 9.74. The van der Waals surface area contributed by atoms with E-state index in [4.69, 9.17) is 5.73 Å². The molecular formula is C26H55N. The topological polar surface area (TPSA) is 26.0 Å². The van der Waals surface area contributed by atoms with E-state index in [9.17, 15) is 0 Å². The standard InChI is InChI=1S/C26H55N/c1-7-11-13-14-15-16-18-23-26(27,10-4)24(5)20-19-22-25(6,9-3)21-17-12-8-2/h24H,7-23,27H2,1-6H3. The second-order valence-electron chi connectivity index (χ2n) is 9.87. The van der Waals surface area contributed by atoms with E-state index >= 15 is 0 Å². The monoisotopic (exact) mass is 381 g/mol. The Balaban J connectivity index is 4.19. The maximum absolute atomic E-state index is 6.88. The van der Waals surface area contributed by atoms with Gasteiger partial charge in [0, 0.05) is 5.54 Å². The molecule has 0 rings (SSSR count). The predicted molar refractivity (Wildman–Crippen MR) is 125 cm³/mol. The molecule has 0 aliphatic rings. The zero-order valence-corrected chi connectivity index (χ0v) is 20.2. The molecule has 0 aromatic rings. The summed E-state index contributed by atoms with van der Waals surface area (Å²) in [5, 5.41) is 0. The number of hydrogen-bond acceptors (Lipinski definition) is 1. The Morgan fingerprint density at radius 3 is 1.67 bits per heavy atom. The van der Waals surface area contributed by atoms with Gasteiger partial charge in [0.25, 0.3) is 0 Å². The van der Waals surface area contributed by atoms with Crippen molar-refractivity contribution in [1.82, 2.24) is 0 Å². The molecular weight excluding hydrogens is 326 g/mol. The third-order valence-corrected chi connectivity index (χ3v) is 7.54. The molecule has 27 heavy (non-hydrogen) atoms. The molecule has 1 heteroatoms. The van der Waals surface area contributed by atoms with Gasteiger partial charge in [-0.05, 0) is 43.4 Å². The summed E-state index contributed by atoms with van der Waals surface area (Å²) in [4.78, 5) is 0. The van der Waals surface area contributed by atoms with E-state index in [0.29, 0.717) is 11.3 Å². The van der Waals surface area contributed by atoms with Crippen molar-refractivity contribution in [2.75, 3.05) is 0 Å². The molecule has 2 N–H and O–H groups in total. The van der Waals surface area contributed by atoms with E-state index in [-0.39, 0.29) is 5.54 Å². The number of unbranched alkanes of at least 4 members (excludes halogenated alkanes) is 8. The minimum atomic E-state index is 0.0637. The van der Waals surface area contributed by atoms with E-state index in [1.807, 2.05) is 0 Å². The number of hydrogen-bond donors (Lipinski definition) is 1. The Hall–Kier alpha value is -0.0400. The van der Waals surface area contributed by atoms with E-state index in [0.717, 1.165) is 6.42 Å². The molecule has 0 aliphatic carbocycles. The first kappa shape index (κ1) is 27.0. The molecule has 0 aromatic heterocycles. The lowest BCUT2D eigenvalue weighted by Crippen LogP contribution is -2.45. The number of nitrogens with two attached hydrogens (primary N) is 1. The summed E-state index contributed by atoms with van der Waals surface area (Å²) in [5.74, 6) is 0.652. The van der Waals surface area contributed by atoms with E-state index < -0.39 is 0 Å². The quantitative estimate of drug-likeness (QED) is 0.222. The molecule has 0 bridgehead atoms. The Kier molecular flexibility index (Phi) is 15.8. The Bertz CT molecular complexity index is 326. The second-order valence-corrected chi connectivity index (χ2v) is 9.87. The molecule has 0 aromatic carbocycles. The summed E-state index contributed by atoms with van der Waals surface area (Å²) >= 11 is 0. The molecule has 0 saturated carbocycles. The third-order valence-electron chi connectivity index (χ3n) is 7.54. The molecule has 164 valence electrons. The van der Waals surface area contributed by atoms with Gasteiger partial charge in [0.2, 0.25) is 0 Å². The zero-order chi connectivity index (χ0) is 20.6. The SMILES string of the molecule is CCCCCCCCCC(N)(CC)C(C)CCCC(C)(CC)CCCCC. The average molecular weight is 382 g/mol. The lowest BCUT2D eigenvalue weighted by molar-refractivity contribution is 0.203. The summed E-state index contributed by atoms with van der Waals surface area (Å²) in [6.07, 6.45) is 23.0. The van der Waals surface area contributed by atoms with Gasteiger partial charge in [-0.1, -0.05) is 119 Å². The molecule has 0 saturated heterocycles. The minimum Gasteiger partial charge on any atom is -0.325 e. The first-order valence-corrected chi connectivity index (χ1v) is 12.7. The van der Waals surface area contributed by atoms with Crippen molar-refractivity contribution in [3.63, 3.8) is 0 Å². The third kappa shape index (κ3) is 12.2. The highest BCUT2D eigenvalue weighted by molar-refractivity contribution is 4.88. The van der Waals surface area contributed by atoms with Gasteiger partial charge in [0.15, 0.2) is 0 Å². The van der Waals surface area contributed by atoms with Crippen molar-refractivity contribution in [2.24, 2.45) is 17.1 Å². The van der Waals surface area contributed by atoms with Crippen molar-refractivity contribution >= 4 is 0 Å². The van der Waals surface area contributed by atoms with Gasteiger partial charge in [-0.25, -0.2) is 0 Å². The Morgan fingerprint density at radius 1 is 0.630 bits per heavy atom. The highest BCUT2D eigenvalue weighted by atomic mass is 14.7. The van der Waals surface area contributed by atoms with E-state index in [1.54, 1.807) is 0 Å². The van der Waals surface area contributed by atoms with Crippen LogP contribution in [0.5, 0.6) is 0 Å². The highest BCUT2D eigenvalue weighted by Crippen LogP contribution is 2.36. The van der Waals surface area contributed by atoms with Crippen molar-refractivity contribution in [3.8, 4) is 0 Å². The first-order chi connectivity index (χ1) is 12.9. The van der Waals surface area contributed by atoms with E-state index in [1.165, 1.54) is 103 Å². The maximum Gasteiger partial charge on any atom is 0.0177 e. The van der Waals surface area contributed by atoms with Crippen LogP contribution < -0.4 is 5.73 Å². The van der Waals surface area contributed by atoms with Crippen LogP contribution in [0.3, 0.4) is 0 Å². The van der Waals surface area contributed by atoms with Crippen LogP contribution in [-0.2, 0) is 0 Å². The average Bonchev–Trinajstić information content (AvgIpc) is 2.67. The van der Waals surface area contributed by atoms with Crippen LogP contribution in [0.2, 0.25) is 0 Å². The van der Waals surface area contributed by atoms with Gasteiger partial charge in [0.05, 0.1) is 0 Å². The van der Waals surface area contributed by atoms with Crippen LogP contribution in [0.4, 0.5) is 0 Å². The van der Waals surface area contributed by atoms with Gasteiger partial charge < -0.3 is 5.73 Å². The highest BCUT2D eigenvalue weighted by Gasteiger charge is 2.30. The summed E-state index contributed by atoms with van der Waals surface area (Å²) < 4.78 is 0. The first-order valence-electron chi connectivity index (χ1n) is 12.7. The van der Waals surface area contributed by atoms with Crippen LogP contribution in [-0.4, -0.2) is 5.54 Å². The molecule has 0 aliphatic heterocycles. The maximum atomic E-state index is 6.88. The summed E-state index contributed by atoms with van der Waals surface area (Å²) in [5.41, 5.74) is 7.50. The lowest BCUT2D eigenvalue weighted by Gasteiger charge is -2.36. The smallest absolute Gasteiger partial charge is 0.0177 e. The van der Waals surface area contributed by atoms with Gasteiger partial charge in [-0.15, -0.1) is 0 Å².